The Morgan fingerprint density at radius 1 is 1.23 bits per heavy atom. The monoisotopic (exact) mass is 354 g/mol. The summed E-state index contributed by atoms with van der Waals surface area (Å²) >= 11 is 0. The Morgan fingerprint density at radius 3 is 2.77 bits per heavy atom. The van der Waals surface area contributed by atoms with Gasteiger partial charge in [-0.15, -0.1) is 0 Å². The van der Waals surface area contributed by atoms with Crippen LogP contribution >= 0.6 is 0 Å². The van der Waals surface area contributed by atoms with Crippen LogP contribution in [0.15, 0.2) is 42.5 Å². The van der Waals surface area contributed by atoms with Crippen LogP contribution in [0.25, 0.3) is 0 Å². The van der Waals surface area contributed by atoms with Gasteiger partial charge < -0.3 is 14.8 Å². The first-order valence-corrected chi connectivity index (χ1v) is 8.00. The van der Waals surface area contributed by atoms with Gasteiger partial charge in [0.2, 0.25) is 5.91 Å². The number of hydrogen-bond acceptors (Lipinski definition) is 5. The van der Waals surface area contributed by atoms with Gasteiger partial charge in [-0.1, -0.05) is 18.2 Å². The fourth-order valence-corrected chi connectivity index (χ4v) is 2.70. The Kier molecular flexibility index (Phi) is 4.88. The number of nitrogens with one attached hydrogen (secondary N) is 1. The maximum Gasteiger partial charge on any atom is 0.339 e. The second-order valence-corrected chi connectivity index (χ2v) is 5.83. The Labute approximate surface area is 150 Å². The van der Waals surface area contributed by atoms with E-state index in [-0.39, 0.29) is 24.6 Å². The molecule has 2 amide bonds. The van der Waals surface area contributed by atoms with Crippen LogP contribution in [0.4, 0.5) is 11.4 Å². The van der Waals surface area contributed by atoms with Crippen molar-refractivity contribution in [2.45, 2.75) is 6.92 Å². The average molecular weight is 354 g/mol. The number of para-hydroxylation sites is 1. The predicted molar refractivity (Wildman–Crippen MR) is 95.4 cm³/mol. The van der Waals surface area contributed by atoms with E-state index in [1.165, 1.54) is 12.0 Å². The number of carbonyl (C=O) groups is 3. The van der Waals surface area contributed by atoms with Crippen molar-refractivity contribution in [1.29, 1.82) is 0 Å². The van der Waals surface area contributed by atoms with Crippen molar-refractivity contribution in [3.05, 3.63) is 53.6 Å². The number of carbonyl (C=O) groups excluding carboxylic acids is 3. The number of benzene rings is 2. The molecule has 0 unspecified atom stereocenters. The van der Waals surface area contributed by atoms with Crippen LogP contribution < -0.4 is 15.0 Å². The van der Waals surface area contributed by atoms with Crippen molar-refractivity contribution in [1.82, 2.24) is 0 Å². The highest BCUT2D eigenvalue weighted by Gasteiger charge is 2.27. The molecule has 0 saturated heterocycles. The normalized spacial score (nSPS) is 12.8. The van der Waals surface area contributed by atoms with Gasteiger partial charge in [-0.05, 0) is 36.8 Å². The highest BCUT2D eigenvalue weighted by Crippen LogP contribution is 2.32. The summed E-state index contributed by atoms with van der Waals surface area (Å²) in [5.41, 5.74) is 2.07. The molecule has 0 atom stereocenters. The second-order valence-electron chi connectivity index (χ2n) is 5.83. The maximum absolute atomic E-state index is 12.5. The fourth-order valence-electron chi connectivity index (χ4n) is 2.70. The lowest BCUT2D eigenvalue weighted by Crippen LogP contribution is -2.43. The van der Waals surface area contributed by atoms with E-state index in [0.717, 1.165) is 5.56 Å². The van der Waals surface area contributed by atoms with Gasteiger partial charge in [-0.3, -0.25) is 14.5 Å². The second kappa shape index (κ2) is 7.26. The molecule has 7 heteroatoms. The van der Waals surface area contributed by atoms with E-state index in [1.807, 2.05) is 13.0 Å². The number of amides is 2. The van der Waals surface area contributed by atoms with Crippen LogP contribution in [0, 0.1) is 6.92 Å². The predicted octanol–water partition coefficient (Wildman–Crippen LogP) is 2.15. The topological polar surface area (TPSA) is 84.9 Å². The molecule has 2 aromatic carbocycles. The van der Waals surface area contributed by atoms with Gasteiger partial charge >= 0.3 is 5.97 Å². The van der Waals surface area contributed by atoms with Gasteiger partial charge in [0.05, 0.1) is 24.0 Å². The third kappa shape index (κ3) is 3.51. The standard InChI is InChI=1S/C19H18N2O5/c1-12-7-8-16-15(9-12)21(18(23)11-26-16)10-17(22)20-14-6-4-3-5-13(14)19(24)25-2/h3-9H,10-11H2,1-2H3,(H,20,22). The highest BCUT2D eigenvalue weighted by atomic mass is 16.5. The van der Waals surface area contributed by atoms with Gasteiger partial charge in [-0.25, -0.2) is 4.79 Å². The molecular formula is C19H18N2O5. The average Bonchev–Trinajstić information content (AvgIpc) is 2.64. The first-order valence-electron chi connectivity index (χ1n) is 8.00. The lowest BCUT2D eigenvalue weighted by atomic mass is 10.1. The summed E-state index contributed by atoms with van der Waals surface area (Å²) in [5, 5.41) is 2.66. The van der Waals surface area contributed by atoms with Crippen LogP contribution in [0.5, 0.6) is 5.75 Å². The summed E-state index contributed by atoms with van der Waals surface area (Å²) in [4.78, 5) is 37.9. The van der Waals surface area contributed by atoms with Gasteiger partial charge in [-0.2, -0.15) is 0 Å². The van der Waals surface area contributed by atoms with E-state index < -0.39 is 11.9 Å². The van der Waals surface area contributed by atoms with Gasteiger partial charge in [0.1, 0.15) is 12.3 Å². The number of ether oxygens (including phenoxy) is 2. The fraction of sp³-hybridized carbons (Fsp3) is 0.211. The van der Waals surface area contributed by atoms with E-state index in [1.54, 1.807) is 36.4 Å². The summed E-state index contributed by atoms with van der Waals surface area (Å²) in [6.45, 7) is 1.58. The molecule has 0 fully saturated rings. The zero-order valence-electron chi connectivity index (χ0n) is 14.4. The molecule has 1 aliphatic heterocycles. The number of esters is 1. The summed E-state index contributed by atoms with van der Waals surface area (Å²) in [6, 6.07) is 12.0. The Hall–Kier alpha value is -3.35. The van der Waals surface area contributed by atoms with Gasteiger partial charge in [0.25, 0.3) is 5.91 Å². The van der Waals surface area contributed by atoms with Gasteiger partial charge in [0.15, 0.2) is 6.61 Å². The zero-order valence-corrected chi connectivity index (χ0v) is 14.4. The molecule has 1 aliphatic rings. The number of rotatable bonds is 4. The minimum absolute atomic E-state index is 0.123. The van der Waals surface area contributed by atoms with Crippen LogP contribution in [0.1, 0.15) is 15.9 Å². The maximum atomic E-state index is 12.5. The van der Waals surface area contributed by atoms with Crippen LogP contribution in [-0.2, 0) is 14.3 Å². The molecule has 0 saturated carbocycles. The minimum Gasteiger partial charge on any atom is -0.482 e. The van der Waals surface area contributed by atoms with Crippen LogP contribution in [-0.4, -0.2) is 38.0 Å². The Bertz CT molecular complexity index is 878. The molecule has 1 N–H and O–H groups in total. The van der Waals surface area contributed by atoms with Crippen molar-refractivity contribution in [3.63, 3.8) is 0 Å². The van der Waals surface area contributed by atoms with E-state index in [4.69, 9.17) is 9.47 Å². The molecule has 7 nitrogen and oxygen atoms in total. The summed E-state index contributed by atoms with van der Waals surface area (Å²) in [6.07, 6.45) is 0. The molecule has 2 aromatic rings. The summed E-state index contributed by atoms with van der Waals surface area (Å²) in [5.74, 6) is -0.731. The molecule has 1 heterocycles. The SMILES string of the molecule is COC(=O)c1ccccc1NC(=O)CN1C(=O)COc2ccc(C)cc21. The lowest BCUT2D eigenvalue weighted by molar-refractivity contribution is -0.123. The molecule has 26 heavy (non-hydrogen) atoms. The number of fused-ring (bicyclic) bond motifs is 1. The lowest BCUT2D eigenvalue weighted by Gasteiger charge is -2.29. The first-order chi connectivity index (χ1) is 12.5. The smallest absolute Gasteiger partial charge is 0.339 e. The number of anilines is 2. The summed E-state index contributed by atoms with van der Waals surface area (Å²) in [7, 11) is 1.27. The Balaban J connectivity index is 1.80. The van der Waals surface area contributed by atoms with Crippen molar-refractivity contribution >= 4 is 29.2 Å². The van der Waals surface area contributed by atoms with Crippen molar-refractivity contribution in [3.8, 4) is 5.75 Å². The third-order valence-corrected chi connectivity index (χ3v) is 3.97. The quantitative estimate of drug-likeness (QED) is 0.851. The van der Waals surface area contributed by atoms with Crippen molar-refractivity contribution in [2.75, 3.05) is 30.5 Å². The van der Waals surface area contributed by atoms with Crippen LogP contribution in [0.3, 0.4) is 0 Å². The number of nitrogens with zero attached hydrogens (tertiary/aromatic N) is 1. The molecule has 0 spiro atoms. The van der Waals surface area contributed by atoms with Gasteiger partial charge in [0, 0.05) is 0 Å². The van der Waals surface area contributed by atoms with E-state index in [2.05, 4.69) is 5.32 Å². The third-order valence-electron chi connectivity index (χ3n) is 3.97. The molecule has 0 radical (unpaired) electrons. The van der Waals surface area contributed by atoms with Crippen molar-refractivity contribution in [2.24, 2.45) is 0 Å². The first kappa shape index (κ1) is 17.5. The molecule has 3 rings (SSSR count). The van der Waals surface area contributed by atoms with Crippen molar-refractivity contribution < 1.29 is 23.9 Å². The summed E-state index contributed by atoms with van der Waals surface area (Å²) < 4.78 is 10.1. The van der Waals surface area contributed by atoms with Crippen LogP contribution in [0.2, 0.25) is 0 Å². The largest absolute Gasteiger partial charge is 0.482 e. The minimum atomic E-state index is -0.552. The number of aryl methyl sites for hydroxylation is 1. The van der Waals surface area contributed by atoms with E-state index >= 15 is 0 Å². The number of hydrogen-bond donors (Lipinski definition) is 1. The van der Waals surface area contributed by atoms with E-state index in [9.17, 15) is 14.4 Å². The Morgan fingerprint density at radius 2 is 2.00 bits per heavy atom. The molecule has 134 valence electrons. The number of methoxy groups -OCH3 is 1. The molecule has 0 aromatic heterocycles. The molecule has 0 aliphatic carbocycles. The highest BCUT2D eigenvalue weighted by molar-refractivity contribution is 6.07. The molecular weight excluding hydrogens is 336 g/mol. The molecule has 0 bridgehead atoms. The zero-order chi connectivity index (χ0) is 18.7. The van der Waals surface area contributed by atoms with E-state index in [0.29, 0.717) is 17.1 Å².